The summed E-state index contributed by atoms with van der Waals surface area (Å²) in [6.07, 6.45) is -5.93. The zero-order valence-electron chi connectivity index (χ0n) is 48.0. The maximum absolute atomic E-state index is 14.4. The van der Waals surface area contributed by atoms with E-state index >= 15 is 0 Å². The first-order valence-corrected chi connectivity index (χ1v) is 27.6. The topological polar surface area (TPSA) is 521 Å². The molecule has 84 heavy (non-hydrogen) atoms. The molecule has 13 atom stereocenters. The normalized spacial score (nSPS) is 17.3. The Kier molecular flexibility index (Phi) is 30.2. The van der Waals surface area contributed by atoms with Crippen molar-refractivity contribution in [3.63, 3.8) is 0 Å². The van der Waals surface area contributed by atoms with Crippen LogP contribution in [0.25, 0.3) is 0 Å². The van der Waals surface area contributed by atoms with Crippen LogP contribution >= 0.6 is 0 Å². The molecule has 31 heteroatoms. The molecule has 1 aromatic carbocycles. The third kappa shape index (κ3) is 23.7. The van der Waals surface area contributed by atoms with Crippen molar-refractivity contribution < 1.29 is 93.0 Å². The number of likely N-dealkylation sites (tertiary alicyclic amines) is 1. The summed E-state index contributed by atoms with van der Waals surface area (Å²) in [6.45, 7) is 8.55. The van der Waals surface area contributed by atoms with Gasteiger partial charge in [0, 0.05) is 32.2 Å². The molecule has 10 amide bonds. The smallest absolute Gasteiger partial charge is 0.326 e. The second-order valence-corrected chi connectivity index (χ2v) is 21.1. The molecule has 1 saturated heterocycles. The number of nitrogens with one attached hydrogen (secondary N) is 8. The number of carboxylic acid groups (broad SMARTS) is 3. The van der Waals surface area contributed by atoms with Gasteiger partial charge in [-0.3, -0.25) is 57.5 Å². The van der Waals surface area contributed by atoms with Crippen LogP contribution in [0.4, 0.5) is 0 Å². The fraction of sp³-hybridized carbons (Fsp3) is 0.642. The van der Waals surface area contributed by atoms with Gasteiger partial charge in [0.25, 0.3) is 0 Å². The second kappa shape index (κ2) is 35.2. The highest BCUT2D eigenvalue weighted by Gasteiger charge is 2.42. The lowest BCUT2D eigenvalue weighted by Gasteiger charge is -2.32. The second-order valence-electron chi connectivity index (χ2n) is 21.1. The number of benzene rings is 1. The number of aliphatic hydroxyl groups is 2. The van der Waals surface area contributed by atoms with Gasteiger partial charge in [-0.15, -0.1) is 0 Å². The number of rotatable bonds is 37. The van der Waals surface area contributed by atoms with Crippen molar-refractivity contribution >= 4 is 77.0 Å². The number of carboxylic acids is 3. The molecule has 31 nitrogen and oxygen atoms in total. The van der Waals surface area contributed by atoms with Gasteiger partial charge >= 0.3 is 17.9 Å². The van der Waals surface area contributed by atoms with Crippen LogP contribution in [0.2, 0.25) is 0 Å². The highest BCUT2D eigenvalue weighted by atomic mass is 16.4. The number of aliphatic carboxylic acids is 3. The van der Waals surface area contributed by atoms with E-state index in [0.717, 1.165) is 18.7 Å². The summed E-state index contributed by atoms with van der Waals surface area (Å²) in [5, 5.41) is 78.9. The van der Waals surface area contributed by atoms with Crippen LogP contribution in [0.3, 0.4) is 0 Å². The van der Waals surface area contributed by atoms with Crippen LogP contribution in [0, 0.1) is 11.8 Å². The molecule has 0 unspecified atom stereocenters. The summed E-state index contributed by atoms with van der Waals surface area (Å²) in [5.41, 5.74) is 17.3. The summed E-state index contributed by atoms with van der Waals surface area (Å²) >= 11 is 0. The van der Waals surface area contributed by atoms with E-state index in [2.05, 4.69) is 42.5 Å². The number of nitrogens with two attached hydrogens (primary N) is 3. The van der Waals surface area contributed by atoms with Crippen molar-refractivity contribution in [2.24, 2.45) is 29.0 Å². The molecule has 1 aromatic rings. The Bertz CT molecular complexity index is 2480. The zero-order chi connectivity index (χ0) is 63.7. The number of hydrogen-bond donors (Lipinski definition) is 17. The van der Waals surface area contributed by atoms with E-state index in [4.69, 9.17) is 22.3 Å². The number of primary amides is 1. The lowest BCUT2D eigenvalue weighted by molar-refractivity contribution is -0.145. The summed E-state index contributed by atoms with van der Waals surface area (Å²) < 4.78 is 0. The largest absolute Gasteiger partial charge is 0.508 e. The molecule has 470 valence electrons. The van der Waals surface area contributed by atoms with Gasteiger partial charge in [0.05, 0.1) is 18.2 Å². The molecular formula is C53H84N12O19. The molecule has 0 saturated carbocycles. The van der Waals surface area contributed by atoms with Gasteiger partial charge < -0.3 is 95.3 Å². The highest BCUT2D eigenvalue weighted by molar-refractivity contribution is 5.99. The highest BCUT2D eigenvalue weighted by Crippen LogP contribution is 2.22. The molecule has 0 radical (unpaired) electrons. The van der Waals surface area contributed by atoms with Crippen LogP contribution in [-0.4, -0.2) is 198 Å². The monoisotopic (exact) mass is 1190 g/mol. The molecular weight excluding hydrogens is 1110 g/mol. The Labute approximate surface area is 485 Å². The van der Waals surface area contributed by atoms with Crippen molar-refractivity contribution in [1.82, 2.24) is 47.4 Å². The molecule has 1 fully saturated rings. The number of phenolic OH excluding ortho intramolecular Hbond substituents is 1. The maximum atomic E-state index is 14.4. The minimum Gasteiger partial charge on any atom is -0.508 e. The van der Waals surface area contributed by atoms with E-state index < -0.39 is 194 Å². The molecule has 0 bridgehead atoms. The number of phenols is 1. The molecule has 1 aliphatic rings. The van der Waals surface area contributed by atoms with Crippen molar-refractivity contribution in [3.8, 4) is 5.75 Å². The first-order chi connectivity index (χ1) is 39.3. The number of aliphatic hydroxyl groups excluding tert-OH is 2. The van der Waals surface area contributed by atoms with Crippen LogP contribution in [-0.2, 0) is 68.7 Å². The Morgan fingerprint density at radius 1 is 0.583 bits per heavy atom. The quantitative estimate of drug-likeness (QED) is 0.0298. The lowest BCUT2D eigenvalue weighted by Crippen LogP contribution is -2.62. The van der Waals surface area contributed by atoms with Crippen LogP contribution in [0.5, 0.6) is 5.75 Å². The Morgan fingerprint density at radius 2 is 1.04 bits per heavy atom. The molecule has 20 N–H and O–H groups in total. The lowest BCUT2D eigenvalue weighted by atomic mass is 9.98. The number of amides is 10. The fourth-order valence-electron chi connectivity index (χ4n) is 8.74. The summed E-state index contributed by atoms with van der Waals surface area (Å²) in [4.78, 5) is 173. The number of aromatic hydroxyl groups is 1. The van der Waals surface area contributed by atoms with Gasteiger partial charge in [0.2, 0.25) is 59.1 Å². The SMILES string of the molecule is CC[C@H](C)[C@H](NC(=O)[C@@H](NC(=O)[C@H](CCC(N)=O)NC(=O)[C@@H]1CCCN1C(=O)[C@@H](NC(=O)[C@H](CCC(=O)O)NC(=O)[C@@H](NC(=O)[C@H](Cc1ccc(O)cc1)NC(=O)[C@H](CCCN)NC(=O)[C@@H](N)CCC(=O)O)[C@@H](C)O)C(C)C)[C@@H](C)O)C(=O)O. The fourth-order valence-corrected chi connectivity index (χ4v) is 8.74. The zero-order valence-corrected chi connectivity index (χ0v) is 48.0. The third-order valence-electron chi connectivity index (χ3n) is 13.9. The Morgan fingerprint density at radius 3 is 1.54 bits per heavy atom. The predicted octanol–water partition coefficient (Wildman–Crippen LogP) is -4.59. The number of hydrogen-bond acceptors (Lipinski definition) is 18. The van der Waals surface area contributed by atoms with Gasteiger partial charge in [0.1, 0.15) is 60.1 Å². The number of carbonyl (C=O) groups excluding carboxylic acids is 10. The molecule has 0 spiro atoms. The first-order valence-electron chi connectivity index (χ1n) is 27.6. The van der Waals surface area contributed by atoms with Gasteiger partial charge in [-0.1, -0.05) is 46.2 Å². The molecule has 0 aromatic heterocycles. The molecule has 1 aliphatic heterocycles. The van der Waals surface area contributed by atoms with E-state index in [1.165, 1.54) is 38.1 Å². The van der Waals surface area contributed by atoms with E-state index in [-0.39, 0.29) is 57.4 Å². The Balaban J connectivity index is 2.43. The standard InChI is InChI=1S/C53H84N12O19/c1-7-26(4)41(53(83)84)62-51(81)43(28(6)67)63-47(77)33(17-19-37(56)69)58-49(79)36-11-9-23-65(36)52(82)40(25(2)3)61-46(76)34(18-21-39(72)73)59-50(80)42(27(5)66)64-48(78)35(24-29-12-14-30(68)15-13-29)60-45(75)32(10-8-22-54)57-44(74)31(55)16-20-38(70)71/h12-15,25-28,31-36,40-43,66-68H,7-11,16-24,54-55H2,1-6H3,(H2,56,69)(H,57,74)(H,58,79)(H,59,80)(H,60,75)(H,61,76)(H,62,81)(H,63,77)(H,64,78)(H,70,71)(H,72,73)(H,83,84)/t26-,27+,28+,31-,32-,33-,34-,35-,36-,40-,41-,42-,43-/m0/s1. The van der Waals surface area contributed by atoms with Crippen LogP contribution in [0.1, 0.15) is 118 Å². The van der Waals surface area contributed by atoms with Crippen molar-refractivity contribution in [2.75, 3.05) is 13.1 Å². The van der Waals surface area contributed by atoms with Gasteiger partial charge in [-0.05, 0) is 94.9 Å². The van der Waals surface area contributed by atoms with Crippen molar-refractivity contribution in [2.45, 2.75) is 191 Å². The summed E-state index contributed by atoms with van der Waals surface area (Å²) in [7, 11) is 0. The van der Waals surface area contributed by atoms with E-state index in [0.29, 0.717) is 12.0 Å². The van der Waals surface area contributed by atoms with Crippen LogP contribution in [0.15, 0.2) is 24.3 Å². The van der Waals surface area contributed by atoms with Gasteiger partial charge in [-0.25, -0.2) is 4.79 Å². The third-order valence-corrected chi connectivity index (χ3v) is 13.9. The number of carbonyl (C=O) groups is 13. The van der Waals surface area contributed by atoms with E-state index in [1.54, 1.807) is 13.8 Å². The molecule has 2 rings (SSSR count). The maximum Gasteiger partial charge on any atom is 0.326 e. The minimum absolute atomic E-state index is 0.0188. The number of nitrogens with zero attached hydrogens (tertiary/aromatic N) is 1. The average Bonchev–Trinajstić information content (AvgIpc) is 4.05. The van der Waals surface area contributed by atoms with Crippen molar-refractivity contribution in [1.29, 1.82) is 0 Å². The van der Waals surface area contributed by atoms with Gasteiger partial charge in [0.15, 0.2) is 0 Å². The van der Waals surface area contributed by atoms with Gasteiger partial charge in [-0.2, -0.15) is 0 Å². The first kappa shape index (κ1) is 72.1. The molecule has 0 aliphatic carbocycles. The molecule has 1 heterocycles. The van der Waals surface area contributed by atoms with E-state index in [9.17, 15) is 87.9 Å². The van der Waals surface area contributed by atoms with E-state index in [1.807, 2.05) is 0 Å². The summed E-state index contributed by atoms with van der Waals surface area (Å²) in [6, 6.07) is -10.1. The minimum atomic E-state index is -1.92. The Hall–Kier alpha value is -8.03. The van der Waals surface area contributed by atoms with Crippen LogP contribution < -0.4 is 59.7 Å². The summed E-state index contributed by atoms with van der Waals surface area (Å²) in [5.74, 6) is -15.5. The predicted molar refractivity (Wildman–Crippen MR) is 296 cm³/mol. The van der Waals surface area contributed by atoms with Crippen molar-refractivity contribution in [3.05, 3.63) is 29.8 Å². The average molecular weight is 1190 g/mol.